The van der Waals surface area contributed by atoms with Gasteiger partial charge in [0, 0.05) is 35.3 Å². The van der Waals surface area contributed by atoms with Crippen LogP contribution in [0.3, 0.4) is 0 Å². The highest BCUT2D eigenvalue weighted by atomic mass is 19.4. The Morgan fingerprint density at radius 1 is 1.02 bits per heavy atom. The predicted molar refractivity (Wildman–Crippen MR) is 154 cm³/mol. The summed E-state index contributed by atoms with van der Waals surface area (Å²) in [7, 11) is 0. The lowest BCUT2D eigenvalue weighted by Crippen LogP contribution is -2.71. The topological polar surface area (TPSA) is 89.4 Å². The smallest absolute Gasteiger partial charge is 0.339 e. The molecule has 7 aliphatic rings. The van der Waals surface area contributed by atoms with E-state index in [0.717, 1.165) is 80.0 Å². The van der Waals surface area contributed by atoms with Crippen LogP contribution in [0.25, 0.3) is 16.8 Å². The summed E-state index contributed by atoms with van der Waals surface area (Å²) in [4.78, 5) is 24.7. The molecule has 0 radical (unpaired) electrons. The number of pyridine rings is 1. The minimum Gasteiger partial charge on any atom is -0.339 e. The number of anilines is 1. The summed E-state index contributed by atoms with van der Waals surface area (Å²) in [6.07, 6.45) is 6.34. The molecule has 3 heterocycles. The van der Waals surface area contributed by atoms with Crippen molar-refractivity contribution in [2.24, 2.45) is 10.8 Å². The summed E-state index contributed by atoms with van der Waals surface area (Å²) in [6, 6.07) is 8.18. The molecule has 1 aromatic carbocycles. The van der Waals surface area contributed by atoms with E-state index < -0.39 is 22.8 Å². The zero-order chi connectivity index (χ0) is 30.8. The second kappa shape index (κ2) is 8.91. The zero-order valence-electron chi connectivity index (χ0n) is 24.6. The molecule has 0 atom stereocenters. The number of halogens is 4. The van der Waals surface area contributed by atoms with Crippen molar-refractivity contribution in [3.05, 3.63) is 60.1 Å². The Labute approximate surface area is 256 Å². The highest BCUT2D eigenvalue weighted by Crippen LogP contribution is 2.70. The van der Waals surface area contributed by atoms with E-state index in [4.69, 9.17) is 9.51 Å². The predicted octanol–water partition coefficient (Wildman–Crippen LogP) is 7.19. The van der Waals surface area contributed by atoms with E-state index >= 15 is 0 Å². The molecule has 8 nitrogen and oxygen atoms in total. The first-order valence-electron chi connectivity index (χ1n) is 15.8. The van der Waals surface area contributed by atoms with Crippen LogP contribution in [0.15, 0.2) is 47.4 Å². The van der Waals surface area contributed by atoms with Gasteiger partial charge in [0.25, 0.3) is 0 Å². The van der Waals surface area contributed by atoms with Crippen molar-refractivity contribution < 1.29 is 26.9 Å². The average Bonchev–Trinajstić information content (AvgIpc) is 3.52. The molecule has 7 fully saturated rings. The SMILES string of the molecule is O=C(N(CC12CCC(c3nc(C4CC4)no3)(CC1)CC2)c1cccc(-c2cc(C(F)(F)F)c3ncnn3c2)c1)C12CC(F)(C1)C2. The van der Waals surface area contributed by atoms with Crippen molar-refractivity contribution >= 4 is 17.2 Å². The van der Waals surface area contributed by atoms with Gasteiger partial charge < -0.3 is 9.42 Å². The van der Waals surface area contributed by atoms with Gasteiger partial charge in [-0.05, 0) is 99.8 Å². The molecular formula is C33H32F4N6O2. The van der Waals surface area contributed by atoms with Gasteiger partial charge in [0.1, 0.15) is 17.6 Å². The Morgan fingerprint density at radius 3 is 2.42 bits per heavy atom. The Morgan fingerprint density at radius 2 is 1.76 bits per heavy atom. The van der Waals surface area contributed by atoms with Crippen LogP contribution in [0.2, 0.25) is 0 Å². The third-order valence-corrected chi connectivity index (χ3v) is 11.6. The molecule has 0 aliphatic heterocycles. The molecule has 4 aromatic rings. The molecule has 0 spiro atoms. The molecule has 1 amide bonds. The molecule has 7 saturated carbocycles. The summed E-state index contributed by atoms with van der Waals surface area (Å²) >= 11 is 0. The molecule has 7 aliphatic carbocycles. The Hall–Kier alpha value is -3.83. The monoisotopic (exact) mass is 620 g/mol. The molecule has 0 unspecified atom stereocenters. The normalized spacial score (nSPS) is 31.9. The molecule has 45 heavy (non-hydrogen) atoms. The first-order chi connectivity index (χ1) is 21.5. The van der Waals surface area contributed by atoms with Crippen molar-refractivity contribution in [1.29, 1.82) is 0 Å². The third kappa shape index (κ3) is 4.19. The number of rotatable bonds is 7. The van der Waals surface area contributed by atoms with Crippen LogP contribution in [0.1, 0.15) is 93.8 Å². The average molecular weight is 621 g/mol. The van der Waals surface area contributed by atoms with Crippen LogP contribution < -0.4 is 4.90 Å². The van der Waals surface area contributed by atoms with Gasteiger partial charge in [0.2, 0.25) is 11.8 Å². The number of hydrogen-bond donors (Lipinski definition) is 0. The lowest BCUT2D eigenvalue weighted by molar-refractivity contribution is -0.211. The molecule has 12 heteroatoms. The van der Waals surface area contributed by atoms with Crippen LogP contribution in [0.5, 0.6) is 0 Å². The Balaban J connectivity index is 1.04. The van der Waals surface area contributed by atoms with Crippen LogP contribution in [-0.4, -0.2) is 42.9 Å². The summed E-state index contributed by atoms with van der Waals surface area (Å²) in [5, 5.41) is 8.23. The first kappa shape index (κ1) is 27.5. The number of carbonyl (C=O) groups is 1. The summed E-state index contributed by atoms with van der Waals surface area (Å²) in [5.74, 6) is 1.93. The standard InChI is InChI=1S/C33H32F4N6O2/c34-32-15-31(16-32,17-32)28(44)42(18-29-6-9-30(10-7-29,11-8-29)27-40-25(41-45-27)20-4-5-20)23-3-1-2-21(12-23)22-13-24(33(35,36)37)26-38-19-39-43(26)14-22/h1-3,12-14,19-20H,4-11,15-18H2. The lowest BCUT2D eigenvalue weighted by Gasteiger charge is -2.65. The van der Waals surface area contributed by atoms with Gasteiger partial charge >= 0.3 is 6.18 Å². The number of carbonyl (C=O) groups excluding carboxylic acids is 1. The molecule has 0 N–H and O–H groups in total. The number of nitrogens with zero attached hydrogens (tertiary/aromatic N) is 6. The van der Waals surface area contributed by atoms with E-state index in [1.807, 2.05) is 11.0 Å². The van der Waals surface area contributed by atoms with E-state index in [-0.39, 0.29) is 41.6 Å². The number of hydrogen-bond acceptors (Lipinski definition) is 6. The first-order valence-corrected chi connectivity index (χ1v) is 15.8. The fourth-order valence-electron chi connectivity index (χ4n) is 8.72. The van der Waals surface area contributed by atoms with Gasteiger partial charge in [0.15, 0.2) is 11.5 Å². The lowest BCUT2D eigenvalue weighted by atomic mass is 9.41. The highest BCUT2D eigenvalue weighted by molar-refractivity contribution is 6.00. The van der Waals surface area contributed by atoms with E-state index in [9.17, 15) is 22.4 Å². The van der Waals surface area contributed by atoms with Crippen LogP contribution >= 0.6 is 0 Å². The van der Waals surface area contributed by atoms with Gasteiger partial charge in [-0.2, -0.15) is 23.3 Å². The highest BCUT2D eigenvalue weighted by Gasteiger charge is 2.73. The maximum atomic E-state index is 14.6. The number of benzene rings is 1. The van der Waals surface area contributed by atoms with Gasteiger partial charge in [-0.15, -0.1) is 0 Å². The maximum Gasteiger partial charge on any atom is 0.420 e. The zero-order valence-corrected chi connectivity index (χ0v) is 24.6. The number of alkyl halides is 4. The van der Waals surface area contributed by atoms with Crippen molar-refractivity contribution in [2.75, 3.05) is 11.4 Å². The Kier molecular flexibility index (Phi) is 5.44. The summed E-state index contributed by atoms with van der Waals surface area (Å²) in [5.41, 5.74) is -1.86. The van der Waals surface area contributed by atoms with Gasteiger partial charge in [0.05, 0.1) is 5.41 Å². The van der Waals surface area contributed by atoms with Crippen molar-refractivity contribution in [2.45, 2.75) is 93.8 Å². The minimum absolute atomic E-state index is 0.0790. The van der Waals surface area contributed by atoms with Crippen LogP contribution in [-0.2, 0) is 16.4 Å². The van der Waals surface area contributed by atoms with Crippen LogP contribution in [0.4, 0.5) is 23.2 Å². The second-order valence-electron chi connectivity index (χ2n) is 14.6. The number of amides is 1. The number of fused-ring (bicyclic) bond motifs is 4. The van der Waals surface area contributed by atoms with E-state index in [2.05, 4.69) is 15.2 Å². The van der Waals surface area contributed by atoms with Crippen molar-refractivity contribution in [3.8, 4) is 11.1 Å². The molecule has 3 aromatic heterocycles. The molecule has 4 bridgehead atoms. The van der Waals surface area contributed by atoms with Crippen molar-refractivity contribution in [3.63, 3.8) is 0 Å². The second-order valence-corrected chi connectivity index (χ2v) is 14.6. The van der Waals surface area contributed by atoms with Crippen molar-refractivity contribution in [1.82, 2.24) is 24.7 Å². The van der Waals surface area contributed by atoms with Gasteiger partial charge in [-0.1, -0.05) is 17.3 Å². The Bertz CT molecular complexity index is 1810. The maximum absolute atomic E-state index is 14.6. The molecule has 0 saturated heterocycles. The van der Waals surface area contributed by atoms with E-state index in [0.29, 0.717) is 29.3 Å². The van der Waals surface area contributed by atoms with Gasteiger partial charge in [-0.3, -0.25) is 4.79 Å². The molecule has 11 rings (SSSR count). The number of aromatic nitrogens is 5. The quantitative estimate of drug-likeness (QED) is 0.203. The van der Waals surface area contributed by atoms with Crippen LogP contribution in [0, 0.1) is 10.8 Å². The fourth-order valence-corrected chi connectivity index (χ4v) is 8.72. The third-order valence-electron chi connectivity index (χ3n) is 11.6. The van der Waals surface area contributed by atoms with Gasteiger partial charge in [-0.25, -0.2) is 13.9 Å². The fraction of sp³-hybridized carbons (Fsp3) is 0.545. The summed E-state index contributed by atoms with van der Waals surface area (Å²) in [6.45, 7) is 0.486. The van der Waals surface area contributed by atoms with E-state index in [1.54, 1.807) is 18.2 Å². The van der Waals surface area contributed by atoms with E-state index in [1.165, 1.54) is 6.20 Å². The molecule has 234 valence electrons. The molecular weight excluding hydrogens is 588 g/mol. The minimum atomic E-state index is -4.62. The largest absolute Gasteiger partial charge is 0.420 e. The summed E-state index contributed by atoms with van der Waals surface area (Å²) < 4.78 is 63.4.